The summed E-state index contributed by atoms with van der Waals surface area (Å²) in [4.78, 5) is 20.3. The lowest BCUT2D eigenvalue weighted by atomic mass is 10.1. The fourth-order valence-corrected chi connectivity index (χ4v) is 5.14. The van der Waals surface area contributed by atoms with Crippen LogP contribution in [0.3, 0.4) is 0 Å². The van der Waals surface area contributed by atoms with E-state index in [9.17, 15) is 31.1 Å². The molecule has 7 nitrogen and oxygen atoms in total. The highest BCUT2D eigenvalue weighted by Crippen LogP contribution is 2.33. The van der Waals surface area contributed by atoms with Crippen LogP contribution < -0.4 is 19.9 Å². The third-order valence-electron chi connectivity index (χ3n) is 7.10. The van der Waals surface area contributed by atoms with Crippen LogP contribution in [-0.2, 0) is 12.7 Å². The molecule has 1 aliphatic heterocycles. The molecule has 0 spiro atoms. The first kappa shape index (κ1) is 30.0. The van der Waals surface area contributed by atoms with Crippen molar-refractivity contribution in [2.45, 2.75) is 39.0 Å². The highest BCUT2D eigenvalue weighted by molar-refractivity contribution is 5.95. The molecule has 5 rings (SSSR count). The molecule has 228 valence electrons. The Morgan fingerprint density at radius 1 is 1.02 bits per heavy atom. The summed E-state index contributed by atoms with van der Waals surface area (Å²) in [5, 5.41) is 2.44. The van der Waals surface area contributed by atoms with Crippen molar-refractivity contribution in [1.29, 1.82) is 0 Å². The minimum Gasteiger partial charge on any atom is -0.406 e. The number of alkyl halides is 6. The zero-order valence-corrected chi connectivity index (χ0v) is 22.9. The topological polar surface area (TPSA) is 62.1 Å². The maximum atomic E-state index is 15.2. The maximum Gasteiger partial charge on any atom is 0.573 e. The van der Waals surface area contributed by atoms with Crippen molar-refractivity contribution in [3.63, 3.8) is 0 Å². The van der Waals surface area contributed by atoms with Gasteiger partial charge in [0.25, 0.3) is 5.91 Å². The molecule has 1 amide bonds. The molecule has 0 saturated carbocycles. The van der Waals surface area contributed by atoms with E-state index in [1.54, 1.807) is 25.1 Å². The largest absolute Gasteiger partial charge is 0.573 e. The van der Waals surface area contributed by atoms with Crippen molar-refractivity contribution in [3.8, 4) is 5.75 Å². The number of anilines is 2. The van der Waals surface area contributed by atoms with Crippen molar-refractivity contribution in [3.05, 3.63) is 89.1 Å². The van der Waals surface area contributed by atoms with Crippen molar-refractivity contribution in [2.24, 2.45) is 0 Å². The van der Waals surface area contributed by atoms with Crippen LogP contribution in [-0.4, -0.2) is 47.3 Å². The number of hydrogen-bond donors (Lipinski definition) is 1. The number of carbonyl (C=O) groups excluding carboxylic acids is 1. The van der Waals surface area contributed by atoms with Gasteiger partial charge in [-0.2, -0.15) is 13.2 Å². The minimum atomic E-state index is -4.85. The lowest BCUT2D eigenvalue weighted by Crippen LogP contribution is -2.52. The number of aromatic nitrogens is 2. The number of piperazine rings is 1. The Balaban J connectivity index is 1.24. The third kappa shape index (κ3) is 6.62. The van der Waals surface area contributed by atoms with Crippen LogP contribution in [0, 0.1) is 12.7 Å². The van der Waals surface area contributed by atoms with E-state index in [1.807, 2.05) is 16.7 Å². The Morgan fingerprint density at radius 2 is 1.74 bits per heavy atom. The molecule has 2 aromatic heterocycles. The van der Waals surface area contributed by atoms with E-state index in [-0.39, 0.29) is 24.0 Å². The summed E-state index contributed by atoms with van der Waals surface area (Å²) in [6.45, 7) is 4.70. The third-order valence-corrected chi connectivity index (χ3v) is 7.10. The summed E-state index contributed by atoms with van der Waals surface area (Å²) in [7, 11) is 0. The van der Waals surface area contributed by atoms with E-state index >= 15 is 4.39 Å². The van der Waals surface area contributed by atoms with E-state index in [4.69, 9.17) is 0 Å². The van der Waals surface area contributed by atoms with Gasteiger partial charge >= 0.3 is 12.5 Å². The first-order chi connectivity index (χ1) is 20.2. The number of pyridine rings is 1. The number of imidazole rings is 1. The van der Waals surface area contributed by atoms with Gasteiger partial charge in [-0.25, -0.2) is 9.37 Å². The molecule has 0 bridgehead atoms. The molecular formula is C29H26F7N5O2. The summed E-state index contributed by atoms with van der Waals surface area (Å²) >= 11 is 0. The van der Waals surface area contributed by atoms with Crippen LogP contribution in [0.15, 0.2) is 60.8 Å². The summed E-state index contributed by atoms with van der Waals surface area (Å²) in [6.07, 6.45) is -8.29. The molecule has 1 fully saturated rings. The van der Waals surface area contributed by atoms with E-state index in [2.05, 4.69) is 15.0 Å². The number of rotatable bonds is 6. The molecule has 43 heavy (non-hydrogen) atoms. The standard InChI is InChI=1S/C29H26F7N5O2/c1-17-9-10-41-24(13-17)38-26(28(31,32)33)25(41)27(42)37-15-19-3-8-23(22(30)14-19)39-11-12-40(18(2)16-39)20-4-6-21(7-5-20)43-29(34,35)36/h3-10,13-14,18H,11-12,15-16H2,1-2H3,(H,37,42)/t18-/m0/s1. The number of aryl methyl sites for hydroxylation is 1. The fraction of sp³-hybridized carbons (Fsp3) is 0.310. The molecule has 1 N–H and O–H groups in total. The number of amides is 1. The van der Waals surface area contributed by atoms with E-state index in [1.165, 1.54) is 42.6 Å². The van der Waals surface area contributed by atoms with Gasteiger partial charge in [0.1, 0.15) is 22.9 Å². The Morgan fingerprint density at radius 3 is 2.37 bits per heavy atom. The molecule has 1 atom stereocenters. The highest BCUT2D eigenvalue weighted by Gasteiger charge is 2.40. The van der Waals surface area contributed by atoms with Crippen LogP contribution in [0.2, 0.25) is 0 Å². The Labute approximate surface area is 241 Å². The van der Waals surface area contributed by atoms with Crippen molar-refractivity contribution in [1.82, 2.24) is 14.7 Å². The second-order valence-corrected chi connectivity index (χ2v) is 10.2. The van der Waals surface area contributed by atoms with Crippen LogP contribution in [0.1, 0.15) is 34.2 Å². The normalized spacial score (nSPS) is 16.1. The first-order valence-electron chi connectivity index (χ1n) is 13.2. The van der Waals surface area contributed by atoms with Gasteiger partial charge in [-0.15, -0.1) is 13.2 Å². The molecular weight excluding hydrogens is 583 g/mol. The molecule has 1 aliphatic rings. The van der Waals surface area contributed by atoms with Crippen LogP contribution >= 0.6 is 0 Å². The van der Waals surface area contributed by atoms with Gasteiger partial charge in [-0.3, -0.25) is 9.20 Å². The summed E-state index contributed by atoms with van der Waals surface area (Å²) in [5.41, 5.74) is 0.0495. The van der Waals surface area contributed by atoms with E-state index < -0.39 is 35.7 Å². The van der Waals surface area contributed by atoms with E-state index in [0.717, 1.165) is 4.40 Å². The van der Waals surface area contributed by atoms with Gasteiger partial charge in [0, 0.05) is 44.1 Å². The highest BCUT2D eigenvalue weighted by atomic mass is 19.4. The number of halogens is 7. The molecule has 2 aromatic carbocycles. The Bertz CT molecular complexity index is 1630. The smallest absolute Gasteiger partial charge is 0.406 e. The lowest BCUT2D eigenvalue weighted by Gasteiger charge is -2.42. The second kappa shape index (κ2) is 11.3. The van der Waals surface area contributed by atoms with E-state index in [0.29, 0.717) is 42.1 Å². The molecule has 14 heteroatoms. The maximum absolute atomic E-state index is 15.2. The predicted molar refractivity (Wildman–Crippen MR) is 145 cm³/mol. The van der Waals surface area contributed by atoms with Crippen molar-refractivity contribution in [2.75, 3.05) is 29.4 Å². The molecule has 0 aliphatic carbocycles. The van der Waals surface area contributed by atoms with Gasteiger partial charge in [0.05, 0.1) is 5.69 Å². The number of ether oxygens (including phenoxy) is 1. The second-order valence-electron chi connectivity index (χ2n) is 10.2. The number of nitrogens with one attached hydrogen (secondary N) is 1. The van der Waals surface area contributed by atoms with Crippen LogP contribution in [0.5, 0.6) is 5.75 Å². The lowest BCUT2D eigenvalue weighted by molar-refractivity contribution is -0.274. The van der Waals surface area contributed by atoms with Gasteiger partial charge < -0.3 is 19.9 Å². The van der Waals surface area contributed by atoms with Gasteiger partial charge in [-0.05, 0) is 73.5 Å². The average Bonchev–Trinajstić information content (AvgIpc) is 3.31. The minimum absolute atomic E-state index is 0.0188. The fourth-order valence-electron chi connectivity index (χ4n) is 5.14. The number of nitrogens with zero attached hydrogens (tertiary/aromatic N) is 4. The summed E-state index contributed by atoms with van der Waals surface area (Å²) in [6, 6.07) is 12.8. The van der Waals surface area contributed by atoms with Gasteiger partial charge in [0.2, 0.25) is 0 Å². The number of hydrogen-bond acceptors (Lipinski definition) is 5. The molecule has 1 saturated heterocycles. The number of fused-ring (bicyclic) bond motifs is 1. The molecule has 0 unspecified atom stereocenters. The molecule has 4 aromatic rings. The Kier molecular flexibility index (Phi) is 7.88. The SMILES string of the molecule is Cc1ccn2c(C(=O)NCc3ccc(N4CCN(c5ccc(OC(F)(F)F)cc5)[C@@H](C)C4)c(F)c3)c(C(F)(F)F)nc2c1. The van der Waals surface area contributed by atoms with Gasteiger partial charge in [0.15, 0.2) is 5.69 Å². The summed E-state index contributed by atoms with van der Waals surface area (Å²) < 4.78 is 98.5. The molecule has 3 heterocycles. The first-order valence-corrected chi connectivity index (χ1v) is 13.2. The zero-order chi connectivity index (χ0) is 31.1. The predicted octanol–water partition coefficient (Wildman–Crippen LogP) is 6.34. The van der Waals surface area contributed by atoms with Crippen molar-refractivity contribution >= 4 is 22.9 Å². The zero-order valence-electron chi connectivity index (χ0n) is 22.9. The Hall–Kier alpha value is -4.49. The quantitative estimate of drug-likeness (QED) is 0.259. The number of benzene rings is 2. The average molecular weight is 610 g/mol. The number of carbonyl (C=O) groups is 1. The van der Waals surface area contributed by atoms with Crippen LogP contribution in [0.25, 0.3) is 5.65 Å². The van der Waals surface area contributed by atoms with Crippen molar-refractivity contribution < 1.29 is 40.3 Å². The van der Waals surface area contributed by atoms with Gasteiger partial charge in [-0.1, -0.05) is 6.07 Å². The summed E-state index contributed by atoms with van der Waals surface area (Å²) in [5.74, 6) is -1.89. The van der Waals surface area contributed by atoms with Crippen LogP contribution in [0.4, 0.5) is 42.1 Å². The monoisotopic (exact) mass is 609 g/mol. The molecule has 0 radical (unpaired) electrons.